The predicted octanol–water partition coefficient (Wildman–Crippen LogP) is 3.85. The molecule has 3 aromatic rings. The largest absolute Gasteiger partial charge is 0.461 e. The van der Waals surface area contributed by atoms with Crippen LogP contribution >= 0.6 is 0 Å². The van der Waals surface area contributed by atoms with Crippen molar-refractivity contribution in [2.24, 2.45) is 0 Å². The zero-order valence-corrected chi connectivity index (χ0v) is 18.8. The molecule has 8 heteroatoms. The number of ether oxygens (including phenoxy) is 2. The molecule has 3 atom stereocenters. The van der Waals surface area contributed by atoms with E-state index in [2.05, 4.69) is 4.98 Å². The summed E-state index contributed by atoms with van der Waals surface area (Å²) in [4.78, 5) is 44.7. The van der Waals surface area contributed by atoms with Crippen molar-refractivity contribution in [1.82, 2.24) is 14.5 Å². The van der Waals surface area contributed by atoms with Crippen LogP contribution in [0.25, 0.3) is 11.0 Å². The van der Waals surface area contributed by atoms with Gasteiger partial charge in [-0.15, -0.1) is 0 Å². The second-order valence-electron chi connectivity index (χ2n) is 8.44. The summed E-state index contributed by atoms with van der Waals surface area (Å²) in [6.07, 6.45) is 4.68. The Morgan fingerprint density at radius 3 is 2.35 bits per heavy atom. The van der Waals surface area contributed by atoms with Crippen LogP contribution < -0.4 is 5.56 Å². The van der Waals surface area contributed by atoms with Gasteiger partial charge in [0.1, 0.15) is 6.61 Å². The fraction of sp³-hybridized carbons (Fsp3) is 0.308. The van der Waals surface area contributed by atoms with E-state index >= 15 is 0 Å². The van der Waals surface area contributed by atoms with Gasteiger partial charge >= 0.3 is 12.1 Å². The number of carbonyl (C=O) groups excluding carboxylic acids is 2. The molecule has 174 valence electrons. The molecule has 2 aliphatic heterocycles. The number of amides is 1. The maximum Gasteiger partial charge on any atom is 0.411 e. The fourth-order valence-corrected chi connectivity index (χ4v) is 4.85. The fourth-order valence-electron chi connectivity index (χ4n) is 4.85. The zero-order valence-electron chi connectivity index (χ0n) is 18.8. The molecule has 1 amide bonds. The molecule has 1 aromatic heterocycles. The van der Waals surface area contributed by atoms with Crippen LogP contribution in [0.3, 0.4) is 0 Å². The summed E-state index contributed by atoms with van der Waals surface area (Å²) in [5, 5.41) is 0. The van der Waals surface area contributed by atoms with Gasteiger partial charge in [0.2, 0.25) is 5.69 Å². The van der Waals surface area contributed by atoms with Crippen LogP contribution in [0.5, 0.6) is 0 Å². The molecule has 1 saturated heterocycles. The Hall–Kier alpha value is -3.94. The molecule has 0 spiro atoms. The van der Waals surface area contributed by atoms with E-state index in [0.717, 1.165) is 5.56 Å². The standard InChI is InChI=1S/C26H25N3O5/c1-2-33-25(31)23-24(30)29(22-11-7-6-10-21(22)27-23)20-14-18-12-13-19(15-20)28(18)26(32)34-16-17-8-4-3-5-9-17/h3-13,18-20H,2,14-16H2,1H3/t18-,19?,20-/m1/s1. The molecule has 5 rings (SSSR count). The van der Waals surface area contributed by atoms with Crippen molar-refractivity contribution >= 4 is 23.1 Å². The molecule has 0 radical (unpaired) electrons. The number of piperidine rings is 1. The van der Waals surface area contributed by atoms with Crippen LogP contribution in [-0.4, -0.2) is 45.2 Å². The Morgan fingerprint density at radius 2 is 1.65 bits per heavy atom. The lowest BCUT2D eigenvalue weighted by Gasteiger charge is -2.39. The van der Waals surface area contributed by atoms with Gasteiger partial charge in [0.25, 0.3) is 5.56 Å². The molecular weight excluding hydrogens is 434 g/mol. The number of aromatic nitrogens is 2. The van der Waals surface area contributed by atoms with E-state index in [4.69, 9.17) is 9.47 Å². The average Bonchev–Trinajstić information content (AvgIpc) is 3.12. The number of hydrogen-bond acceptors (Lipinski definition) is 6. The molecule has 1 fully saturated rings. The molecule has 8 nitrogen and oxygen atoms in total. The van der Waals surface area contributed by atoms with Crippen molar-refractivity contribution in [2.45, 2.75) is 44.5 Å². The minimum Gasteiger partial charge on any atom is -0.461 e. The van der Waals surface area contributed by atoms with E-state index in [-0.39, 0.29) is 43.1 Å². The first-order valence-electron chi connectivity index (χ1n) is 11.4. The van der Waals surface area contributed by atoms with E-state index in [1.165, 1.54) is 0 Å². The van der Waals surface area contributed by atoms with Crippen molar-refractivity contribution in [1.29, 1.82) is 0 Å². The molecule has 2 aromatic carbocycles. The highest BCUT2D eigenvalue weighted by Gasteiger charge is 2.42. The lowest BCUT2D eigenvalue weighted by Crippen LogP contribution is -2.49. The third-order valence-electron chi connectivity index (χ3n) is 6.34. The van der Waals surface area contributed by atoms with Crippen LogP contribution in [0, 0.1) is 0 Å². The van der Waals surface area contributed by atoms with Crippen LogP contribution in [0.15, 0.2) is 71.5 Å². The Kier molecular flexibility index (Phi) is 5.88. The number of benzene rings is 2. The quantitative estimate of drug-likeness (QED) is 0.425. The Labute approximate surface area is 196 Å². The minimum atomic E-state index is -0.727. The van der Waals surface area contributed by atoms with Crippen molar-refractivity contribution in [2.75, 3.05) is 6.61 Å². The summed E-state index contributed by atoms with van der Waals surface area (Å²) >= 11 is 0. The van der Waals surface area contributed by atoms with Gasteiger partial charge in [0, 0.05) is 6.04 Å². The first kappa shape index (κ1) is 21.9. The Bertz CT molecular complexity index is 1300. The van der Waals surface area contributed by atoms with Gasteiger partial charge in [0.15, 0.2) is 0 Å². The van der Waals surface area contributed by atoms with Gasteiger partial charge in [0.05, 0.1) is 29.7 Å². The number of esters is 1. The van der Waals surface area contributed by atoms with Crippen molar-refractivity contribution in [3.63, 3.8) is 0 Å². The molecule has 0 N–H and O–H groups in total. The highest BCUT2D eigenvalue weighted by atomic mass is 16.6. The van der Waals surface area contributed by atoms with E-state index in [1.54, 1.807) is 22.5 Å². The van der Waals surface area contributed by atoms with E-state index < -0.39 is 11.5 Å². The molecule has 3 heterocycles. The summed E-state index contributed by atoms with van der Waals surface area (Å²) in [6.45, 7) is 2.05. The molecule has 0 aliphatic carbocycles. The number of carbonyl (C=O) groups is 2. The van der Waals surface area contributed by atoms with Gasteiger partial charge in [-0.1, -0.05) is 54.6 Å². The van der Waals surface area contributed by atoms with E-state index in [1.807, 2.05) is 60.7 Å². The van der Waals surface area contributed by atoms with Crippen molar-refractivity contribution in [3.8, 4) is 0 Å². The Balaban J connectivity index is 1.41. The second kappa shape index (κ2) is 9.13. The highest BCUT2D eigenvalue weighted by molar-refractivity contribution is 5.89. The van der Waals surface area contributed by atoms with Crippen molar-refractivity contribution in [3.05, 3.63) is 88.4 Å². The van der Waals surface area contributed by atoms with Crippen LogP contribution in [0.2, 0.25) is 0 Å². The third-order valence-corrected chi connectivity index (χ3v) is 6.34. The number of rotatable bonds is 5. The maximum absolute atomic E-state index is 13.4. The molecule has 2 aliphatic rings. The lowest BCUT2D eigenvalue weighted by molar-refractivity contribution is 0.0515. The molecule has 34 heavy (non-hydrogen) atoms. The van der Waals surface area contributed by atoms with Gasteiger partial charge in [-0.2, -0.15) is 0 Å². The third kappa shape index (κ3) is 3.96. The SMILES string of the molecule is CCOC(=O)c1nc2ccccc2n([C@H]2CC3C=C[C@H](C2)N3C(=O)OCc2ccccc2)c1=O. The van der Waals surface area contributed by atoms with Gasteiger partial charge in [-0.05, 0) is 37.5 Å². The van der Waals surface area contributed by atoms with Crippen LogP contribution in [0.1, 0.15) is 41.9 Å². The van der Waals surface area contributed by atoms with Crippen LogP contribution in [0.4, 0.5) is 4.79 Å². The van der Waals surface area contributed by atoms with Crippen molar-refractivity contribution < 1.29 is 19.1 Å². The predicted molar refractivity (Wildman–Crippen MR) is 125 cm³/mol. The van der Waals surface area contributed by atoms with E-state index in [9.17, 15) is 14.4 Å². The second-order valence-corrected chi connectivity index (χ2v) is 8.44. The first-order valence-corrected chi connectivity index (χ1v) is 11.4. The average molecular weight is 460 g/mol. The highest BCUT2D eigenvalue weighted by Crippen LogP contribution is 2.38. The topological polar surface area (TPSA) is 90.7 Å². The van der Waals surface area contributed by atoms with Gasteiger partial charge in [-0.3, -0.25) is 9.69 Å². The molecule has 0 saturated carbocycles. The van der Waals surface area contributed by atoms with Gasteiger partial charge in [-0.25, -0.2) is 14.6 Å². The number of fused-ring (bicyclic) bond motifs is 3. The van der Waals surface area contributed by atoms with E-state index in [0.29, 0.717) is 23.9 Å². The maximum atomic E-state index is 13.4. The zero-order chi connectivity index (χ0) is 23.7. The monoisotopic (exact) mass is 459 g/mol. The Morgan fingerprint density at radius 1 is 0.971 bits per heavy atom. The number of hydrogen-bond donors (Lipinski definition) is 0. The van der Waals surface area contributed by atoms with Gasteiger partial charge < -0.3 is 14.0 Å². The number of para-hydroxylation sites is 2. The normalized spacial score (nSPS) is 21.0. The minimum absolute atomic E-state index is 0.157. The first-order chi connectivity index (χ1) is 16.6. The molecular formula is C26H25N3O5. The lowest BCUT2D eigenvalue weighted by atomic mass is 9.96. The summed E-state index contributed by atoms with van der Waals surface area (Å²) in [5.41, 5.74) is 1.44. The van der Waals surface area contributed by atoms with Crippen LogP contribution in [-0.2, 0) is 16.1 Å². The summed E-state index contributed by atoms with van der Waals surface area (Å²) in [5.74, 6) is -0.727. The summed E-state index contributed by atoms with van der Waals surface area (Å²) in [7, 11) is 0. The molecule has 2 bridgehead atoms. The number of nitrogens with zero attached hydrogens (tertiary/aromatic N) is 3. The summed E-state index contributed by atoms with van der Waals surface area (Å²) < 4.78 is 12.3. The summed E-state index contributed by atoms with van der Waals surface area (Å²) in [6, 6.07) is 16.2. The smallest absolute Gasteiger partial charge is 0.411 e. The molecule has 1 unspecified atom stereocenters.